The van der Waals surface area contributed by atoms with Gasteiger partial charge in [0, 0.05) is 29.0 Å². The van der Waals surface area contributed by atoms with E-state index in [0.29, 0.717) is 24.6 Å². The van der Waals surface area contributed by atoms with E-state index in [1.807, 2.05) is 12.1 Å². The van der Waals surface area contributed by atoms with E-state index in [1.54, 1.807) is 18.2 Å². The minimum atomic E-state index is -0.433. The molecule has 0 saturated carbocycles. The second-order valence-corrected chi connectivity index (χ2v) is 7.66. The Hall–Kier alpha value is -2.10. The molecule has 4 rings (SSSR count). The molecule has 140 valence electrons. The second kappa shape index (κ2) is 7.87. The first kappa shape index (κ1) is 18.3. The van der Waals surface area contributed by atoms with Crippen LogP contribution >= 0.6 is 31.9 Å². The van der Waals surface area contributed by atoms with E-state index in [0.717, 1.165) is 33.3 Å². The van der Waals surface area contributed by atoms with Crippen molar-refractivity contribution in [1.82, 2.24) is 5.43 Å². The molecular weight excluding hydrogens is 482 g/mol. The number of benzene rings is 1. The Morgan fingerprint density at radius 3 is 2.78 bits per heavy atom. The fourth-order valence-electron chi connectivity index (χ4n) is 2.76. The molecule has 1 aliphatic rings. The van der Waals surface area contributed by atoms with Gasteiger partial charge in [-0.25, -0.2) is 5.43 Å². The van der Waals surface area contributed by atoms with Gasteiger partial charge < -0.3 is 18.5 Å². The number of morpholine rings is 1. The van der Waals surface area contributed by atoms with Gasteiger partial charge in [0.05, 0.1) is 23.9 Å². The number of carbonyl (C=O) groups is 1. The van der Waals surface area contributed by atoms with Crippen molar-refractivity contribution in [2.75, 3.05) is 31.2 Å². The third kappa shape index (κ3) is 4.10. The average Bonchev–Trinajstić information content (AvgIpc) is 3.25. The Kier molecular flexibility index (Phi) is 5.33. The molecule has 1 amide bonds. The number of fused-ring (bicyclic) bond motifs is 1. The van der Waals surface area contributed by atoms with Crippen LogP contribution in [-0.4, -0.2) is 38.4 Å². The van der Waals surface area contributed by atoms with Crippen LogP contribution in [0.5, 0.6) is 0 Å². The summed E-state index contributed by atoms with van der Waals surface area (Å²) in [5, 5.41) is 4.79. The summed E-state index contributed by atoms with van der Waals surface area (Å²) in [4.78, 5) is 14.3. The van der Waals surface area contributed by atoms with Crippen molar-refractivity contribution < 1.29 is 18.4 Å². The maximum atomic E-state index is 12.2. The van der Waals surface area contributed by atoms with Crippen LogP contribution in [0.2, 0.25) is 0 Å². The first-order valence-corrected chi connectivity index (χ1v) is 9.83. The number of halogens is 2. The number of ether oxygens (including phenoxy) is 1. The van der Waals surface area contributed by atoms with Gasteiger partial charge in [-0.2, -0.15) is 5.10 Å². The van der Waals surface area contributed by atoms with Gasteiger partial charge in [0.25, 0.3) is 0 Å². The number of hydrogen-bond acceptors (Lipinski definition) is 6. The third-order valence-electron chi connectivity index (χ3n) is 4.05. The molecule has 7 nitrogen and oxygen atoms in total. The fraction of sp³-hybridized carbons (Fsp3) is 0.222. The van der Waals surface area contributed by atoms with Crippen LogP contribution in [0.4, 0.5) is 5.88 Å². The van der Waals surface area contributed by atoms with Crippen LogP contribution in [0.25, 0.3) is 11.0 Å². The van der Waals surface area contributed by atoms with Gasteiger partial charge in [-0.05, 0) is 40.2 Å². The predicted molar refractivity (Wildman–Crippen MR) is 108 cm³/mol. The summed E-state index contributed by atoms with van der Waals surface area (Å²) in [5.41, 5.74) is 3.08. The lowest BCUT2D eigenvalue weighted by Crippen LogP contribution is -2.36. The molecule has 0 atom stereocenters. The van der Waals surface area contributed by atoms with Crippen LogP contribution in [0.1, 0.15) is 16.3 Å². The number of furan rings is 2. The average molecular weight is 497 g/mol. The molecule has 1 N–H and O–H groups in total. The topological polar surface area (TPSA) is 80.2 Å². The van der Waals surface area contributed by atoms with Gasteiger partial charge >= 0.3 is 5.91 Å². The summed E-state index contributed by atoms with van der Waals surface area (Å²) in [5.74, 6) is 1.01. The van der Waals surface area contributed by atoms with E-state index in [1.165, 1.54) is 6.21 Å². The SMILES string of the molecule is O=C(N/N=C/c1cc(Br)c(N2CCOCC2)o1)c1cc2cc(Br)ccc2o1. The molecule has 1 saturated heterocycles. The molecule has 1 fully saturated rings. The lowest BCUT2D eigenvalue weighted by atomic mass is 10.2. The van der Waals surface area contributed by atoms with Crippen LogP contribution in [0.15, 0.2) is 53.2 Å². The monoisotopic (exact) mass is 495 g/mol. The molecule has 3 heterocycles. The molecule has 2 aromatic heterocycles. The number of rotatable bonds is 4. The highest BCUT2D eigenvalue weighted by atomic mass is 79.9. The summed E-state index contributed by atoms with van der Waals surface area (Å²) < 4.78 is 18.4. The highest BCUT2D eigenvalue weighted by molar-refractivity contribution is 9.10. The summed E-state index contributed by atoms with van der Waals surface area (Å²) >= 11 is 6.88. The highest BCUT2D eigenvalue weighted by Crippen LogP contribution is 2.30. The van der Waals surface area contributed by atoms with Crippen molar-refractivity contribution >= 4 is 60.8 Å². The largest absolute Gasteiger partial charge is 0.451 e. The summed E-state index contributed by atoms with van der Waals surface area (Å²) in [6.45, 7) is 2.87. The lowest BCUT2D eigenvalue weighted by molar-refractivity contribution is 0.0929. The Bertz CT molecular complexity index is 1010. The van der Waals surface area contributed by atoms with Crippen LogP contribution < -0.4 is 10.3 Å². The van der Waals surface area contributed by atoms with Gasteiger partial charge in [-0.15, -0.1) is 0 Å². The Morgan fingerprint density at radius 2 is 1.96 bits per heavy atom. The lowest BCUT2D eigenvalue weighted by Gasteiger charge is -2.26. The molecule has 3 aromatic rings. The zero-order valence-corrected chi connectivity index (χ0v) is 17.2. The van der Waals surface area contributed by atoms with Crippen LogP contribution in [-0.2, 0) is 4.74 Å². The highest BCUT2D eigenvalue weighted by Gasteiger charge is 2.18. The first-order chi connectivity index (χ1) is 13.1. The number of anilines is 1. The minimum Gasteiger partial charge on any atom is -0.451 e. The molecule has 0 bridgehead atoms. The quantitative estimate of drug-likeness (QED) is 0.433. The zero-order chi connectivity index (χ0) is 18.8. The molecule has 0 unspecified atom stereocenters. The summed E-state index contributed by atoms with van der Waals surface area (Å²) in [6, 6.07) is 9.01. The molecule has 0 aliphatic carbocycles. The van der Waals surface area contributed by atoms with Crippen molar-refractivity contribution in [3.05, 3.63) is 50.8 Å². The van der Waals surface area contributed by atoms with Crippen molar-refractivity contribution in [2.45, 2.75) is 0 Å². The minimum absolute atomic E-state index is 0.190. The van der Waals surface area contributed by atoms with Gasteiger partial charge in [0.2, 0.25) is 5.88 Å². The van der Waals surface area contributed by atoms with E-state index in [-0.39, 0.29) is 5.76 Å². The number of nitrogens with zero attached hydrogens (tertiary/aromatic N) is 2. The molecular formula is C18H15Br2N3O4. The third-order valence-corrected chi connectivity index (χ3v) is 5.11. The number of nitrogens with one attached hydrogen (secondary N) is 1. The number of hydrazone groups is 1. The molecule has 0 spiro atoms. The predicted octanol–water partition coefficient (Wildman–Crippen LogP) is 4.15. The van der Waals surface area contributed by atoms with Crippen molar-refractivity contribution in [3.8, 4) is 0 Å². The molecule has 1 aromatic carbocycles. The maximum absolute atomic E-state index is 12.2. The number of hydrogen-bond donors (Lipinski definition) is 1. The van der Waals surface area contributed by atoms with E-state index in [2.05, 4.69) is 47.3 Å². The molecule has 9 heteroatoms. The Labute approximate surface area is 171 Å². The smallest absolute Gasteiger partial charge is 0.307 e. The van der Waals surface area contributed by atoms with Crippen molar-refractivity contribution in [3.63, 3.8) is 0 Å². The van der Waals surface area contributed by atoms with E-state index in [4.69, 9.17) is 13.6 Å². The van der Waals surface area contributed by atoms with Gasteiger partial charge in [0.1, 0.15) is 5.58 Å². The summed E-state index contributed by atoms with van der Waals surface area (Å²) in [7, 11) is 0. The standard InChI is InChI=1S/C18H15Br2N3O4/c19-12-1-2-15-11(7-12)8-16(27-15)17(24)22-21-10-13-9-14(20)18(26-13)23-3-5-25-6-4-23/h1-2,7-10H,3-6H2,(H,22,24)/b21-10+. The van der Waals surface area contributed by atoms with Crippen LogP contribution in [0, 0.1) is 0 Å². The zero-order valence-electron chi connectivity index (χ0n) is 14.1. The van der Waals surface area contributed by atoms with Crippen molar-refractivity contribution in [1.29, 1.82) is 0 Å². The van der Waals surface area contributed by atoms with Gasteiger partial charge in [-0.3, -0.25) is 4.79 Å². The summed E-state index contributed by atoms with van der Waals surface area (Å²) in [6.07, 6.45) is 1.45. The van der Waals surface area contributed by atoms with E-state index in [9.17, 15) is 4.79 Å². The Balaban J connectivity index is 1.43. The molecule has 1 aliphatic heterocycles. The number of carbonyl (C=O) groups excluding carboxylic acids is 1. The van der Waals surface area contributed by atoms with Crippen molar-refractivity contribution in [2.24, 2.45) is 5.10 Å². The number of amides is 1. The Morgan fingerprint density at radius 1 is 1.15 bits per heavy atom. The maximum Gasteiger partial charge on any atom is 0.307 e. The fourth-order valence-corrected chi connectivity index (χ4v) is 3.69. The van der Waals surface area contributed by atoms with Gasteiger partial charge in [0.15, 0.2) is 11.5 Å². The van der Waals surface area contributed by atoms with E-state index >= 15 is 0 Å². The normalized spacial score (nSPS) is 15.0. The van der Waals surface area contributed by atoms with E-state index < -0.39 is 5.91 Å². The first-order valence-electron chi connectivity index (χ1n) is 8.25. The molecule has 0 radical (unpaired) electrons. The second-order valence-electron chi connectivity index (χ2n) is 5.89. The van der Waals surface area contributed by atoms with Crippen LogP contribution in [0.3, 0.4) is 0 Å². The molecule has 27 heavy (non-hydrogen) atoms. The van der Waals surface area contributed by atoms with Gasteiger partial charge in [-0.1, -0.05) is 15.9 Å².